The first-order chi connectivity index (χ1) is 11.7. The zero-order valence-corrected chi connectivity index (χ0v) is 13.2. The molecule has 0 aliphatic carbocycles. The minimum atomic E-state index is -4.54. The number of carbonyl (C=O) groups excluding carboxylic acids is 1. The van der Waals surface area contributed by atoms with Gasteiger partial charge in [-0.2, -0.15) is 18.4 Å². The maximum atomic E-state index is 12.7. The van der Waals surface area contributed by atoms with Crippen molar-refractivity contribution in [2.75, 3.05) is 5.32 Å². The molecule has 25 heavy (non-hydrogen) atoms. The SMILES string of the molecule is N#C/C(=C\c1ccc(O)c(Cl)c1)C(=O)Nc1cccc(C(F)(F)F)c1. The van der Waals surface area contributed by atoms with E-state index in [9.17, 15) is 23.1 Å². The highest BCUT2D eigenvalue weighted by molar-refractivity contribution is 6.32. The van der Waals surface area contributed by atoms with Crippen molar-refractivity contribution in [2.45, 2.75) is 6.18 Å². The van der Waals surface area contributed by atoms with Crippen LogP contribution in [0.3, 0.4) is 0 Å². The molecule has 8 heteroatoms. The van der Waals surface area contributed by atoms with Gasteiger partial charge in [0.25, 0.3) is 5.91 Å². The number of nitriles is 1. The van der Waals surface area contributed by atoms with E-state index in [0.717, 1.165) is 18.2 Å². The number of aromatic hydroxyl groups is 1. The fraction of sp³-hybridized carbons (Fsp3) is 0.0588. The number of hydrogen-bond acceptors (Lipinski definition) is 3. The van der Waals surface area contributed by atoms with E-state index in [2.05, 4.69) is 5.32 Å². The Morgan fingerprint density at radius 3 is 2.56 bits per heavy atom. The topological polar surface area (TPSA) is 73.1 Å². The number of hydrogen-bond donors (Lipinski definition) is 2. The molecule has 0 radical (unpaired) electrons. The van der Waals surface area contributed by atoms with Gasteiger partial charge in [0.05, 0.1) is 10.6 Å². The van der Waals surface area contributed by atoms with Crippen molar-refractivity contribution in [3.63, 3.8) is 0 Å². The molecule has 128 valence electrons. The molecule has 0 atom stereocenters. The van der Waals surface area contributed by atoms with Crippen LogP contribution in [0.1, 0.15) is 11.1 Å². The Balaban J connectivity index is 2.25. The minimum absolute atomic E-state index is 0.0318. The van der Waals surface area contributed by atoms with Gasteiger partial charge in [-0.1, -0.05) is 23.7 Å². The lowest BCUT2D eigenvalue weighted by Crippen LogP contribution is -2.14. The molecule has 2 N–H and O–H groups in total. The Bertz CT molecular complexity index is 886. The van der Waals surface area contributed by atoms with E-state index in [1.165, 1.54) is 30.3 Å². The van der Waals surface area contributed by atoms with E-state index in [0.29, 0.717) is 5.56 Å². The fourth-order valence-corrected chi connectivity index (χ4v) is 2.09. The number of anilines is 1. The molecule has 0 fully saturated rings. The standard InChI is InChI=1S/C17H10ClF3N2O2/c18-14-7-10(4-5-15(14)24)6-11(9-22)16(25)23-13-3-1-2-12(8-13)17(19,20)21/h1-8,24H,(H,23,25)/b11-6+. The van der Waals surface area contributed by atoms with Gasteiger partial charge in [0.1, 0.15) is 17.4 Å². The molecule has 0 aliphatic rings. The van der Waals surface area contributed by atoms with Crippen molar-refractivity contribution in [2.24, 2.45) is 0 Å². The van der Waals surface area contributed by atoms with Crippen molar-refractivity contribution in [1.29, 1.82) is 5.26 Å². The molecule has 0 heterocycles. The van der Waals surface area contributed by atoms with Crippen molar-refractivity contribution in [1.82, 2.24) is 0 Å². The number of benzene rings is 2. The van der Waals surface area contributed by atoms with E-state index < -0.39 is 17.6 Å². The van der Waals surface area contributed by atoms with Crippen LogP contribution in [-0.2, 0) is 11.0 Å². The van der Waals surface area contributed by atoms with Crippen LogP contribution in [0.15, 0.2) is 48.0 Å². The number of nitrogens with zero attached hydrogens (tertiary/aromatic N) is 1. The van der Waals surface area contributed by atoms with Gasteiger partial charge < -0.3 is 10.4 Å². The molecular weight excluding hydrogens is 357 g/mol. The summed E-state index contributed by atoms with van der Waals surface area (Å²) in [6, 6.07) is 9.78. The molecule has 0 spiro atoms. The minimum Gasteiger partial charge on any atom is -0.506 e. The Hall–Kier alpha value is -2.98. The quantitative estimate of drug-likeness (QED) is 0.615. The Labute approximate surface area is 145 Å². The van der Waals surface area contributed by atoms with Crippen molar-refractivity contribution >= 4 is 29.3 Å². The van der Waals surface area contributed by atoms with E-state index >= 15 is 0 Å². The van der Waals surface area contributed by atoms with Crippen LogP contribution in [0.25, 0.3) is 6.08 Å². The molecule has 0 unspecified atom stereocenters. The predicted octanol–water partition coefficient (Wildman–Crippen LogP) is 4.61. The second-order valence-electron chi connectivity index (χ2n) is 4.91. The maximum absolute atomic E-state index is 12.7. The highest BCUT2D eigenvalue weighted by Gasteiger charge is 2.30. The number of nitrogens with one attached hydrogen (secondary N) is 1. The lowest BCUT2D eigenvalue weighted by molar-refractivity contribution is -0.137. The summed E-state index contributed by atoms with van der Waals surface area (Å²) in [4.78, 5) is 12.1. The molecule has 2 aromatic carbocycles. The lowest BCUT2D eigenvalue weighted by Gasteiger charge is -2.09. The van der Waals surface area contributed by atoms with Gasteiger partial charge in [0.15, 0.2) is 0 Å². The molecule has 0 bridgehead atoms. The smallest absolute Gasteiger partial charge is 0.416 e. The van der Waals surface area contributed by atoms with Crippen LogP contribution >= 0.6 is 11.6 Å². The van der Waals surface area contributed by atoms with E-state index in [1.807, 2.05) is 0 Å². The highest BCUT2D eigenvalue weighted by Crippen LogP contribution is 2.31. The molecule has 2 aromatic rings. The highest BCUT2D eigenvalue weighted by atomic mass is 35.5. The molecule has 1 amide bonds. The van der Waals surface area contributed by atoms with Crippen LogP contribution in [0.4, 0.5) is 18.9 Å². The first-order valence-electron chi connectivity index (χ1n) is 6.79. The molecule has 2 rings (SSSR count). The Kier molecular flexibility index (Phi) is 5.35. The zero-order valence-electron chi connectivity index (χ0n) is 12.4. The largest absolute Gasteiger partial charge is 0.506 e. The number of phenols is 1. The van der Waals surface area contributed by atoms with Crippen LogP contribution in [0, 0.1) is 11.3 Å². The van der Waals surface area contributed by atoms with Gasteiger partial charge >= 0.3 is 6.18 Å². The summed E-state index contributed by atoms with van der Waals surface area (Å²) in [5, 5.41) is 20.7. The number of phenolic OH excluding ortho intramolecular Hbond substituents is 1. The van der Waals surface area contributed by atoms with Crippen LogP contribution in [-0.4, -0.2) is 11.0 Å². The molecular formula is C17H10ClF3N2O2. The summed E-state index contributed by atoms with van der Waals surface area (Å²) < 4.78 is 38.0. The predicted molar refractivity (Wildman–Crippen MR) is 86.8 cm³/mol. The first-order valence-corrected chi connectivity index (χ1v) is 7.17. The summed E-state index contributed by atoms with van der Waals surface area (Å²) in [6.45, 7) is 0. The summed E-state index contributed by atoms with van der Waals surface area (Å²) >= 11 is 5.74. The third-order valence-electron chi connectivity index (χ3n) is 3.10. The number of alkyl halides is 3. The second kappa shape index (κ2) is 7.28. The fourth-order valence-electron chi connectivity index (χ4n) is 1.90. The third kappa shape index (κ3) is 4.75. The van der Waals surface area contributed by atoms with Gasteiger partial charge in [0, 0.05) is 5.69 Å². The van der Waals surface area contributed by atoms with E-state index in [4.69, 9.17) is 16.9 Å². The van der Waals surface area contributed by atoms with Crippen molar-refractivity contribution in [3.05, 3.63) is 64.2 Å². The summed E-state index contributed by atoms with van der Waals surface area (Å²) in [5.74, 6) is -1.03. The number of amides is 1. The van der Waals surface area contributed by atoms with E-state index in [-0.39, 0.29) is 22.0 Å². The maximum Gasteiger partial charge on any atom is 0.416 e. The monoisotopic (exact) mass is 366 g/mol. The molecule has 0 aliphatic heterocycles. The van der Waals surface area contributed by atoms with Crippen molar-refractivity contribution in [3.8, 4) is 11.8 Å². The Morgan fingerprint density at radius 1 is 1.24 bits per heavy atom. The second-order valence-corrected chi connectivity index (χ2v) is 5.32. The number of carbonyl (C=O) groups is 1. The zero-order chi connectivity index (χ0) is 18.6. The van der Waals surface area contributed by atoms with Gasteiger partial charge in [-0.05, 0) is 42.0 Å². The van der Waals surface area contributed by atoms with Gasteiger partial charge in [0.2, 0.25) is 0 Å². The van der Waals surface area contributed by atoms with Crippen LogP contribution in [0.2, 0.25) is 5.02 Å². The summed E-state index contributed by atoms with van der Waals surface area (Å²) in [5.41, 5.74) is -0.972. The van der Waals surface area contributed by atoms with Gasteiger partial charge in [-0.3, -0.25) is 4.79 Å². The first kappa shape index (κ1) is 18.4. The molecule has 0 saturated carbocycles. The number of halogens is 4. The van der Waals surface area contributed by atoms with E-state index in [1.54, 1.807) is 6.07 Å². The van der Waals surface area contributed by atoms with Crippen molar-refractivity contribution < 1.29 is 23.1 Å². The van der Waals surface area contributed by atoms with Crippen LogP contribution < -0.4 is 5.32 Å². The average molecular weight is 367 g/mol. The summed E-state index contributed by atoms with van der Waals surface area (Å²) in [7, 11) is 0. The average Bonchev–Trinajstić information content (AvgIpc) is 2.55. The molecule has 4 nitrogen and oxygen atoms in total. The summed E-state index contributed by atoms with van der Waals surface area (Å²) in [6.07, 6.45) is -3.34. The van der Waals surface area contributed by atoms with Gasteiger partial charge in [-0.25, -0.2) is 0 Å². The molecule has 0 aromatic heterocycles. The third-order valence-corrected chi connectivity index (χ3v) is 3.40. The van der Waals surface area contributed by atoms with Gasteiger partial charge in [-0.15, -0.1) is 0 Å². The van der Waals surface area contributed by atoms with Crippen LogP contribution in [0.5, 0.6) is 5.75 Å². The normalized spacial score (nSPS) is 11.7. The Morgan fingerprint density at radius 2 is 1.96 bits per heavy atom. The molecule has 0 saturated heterocycles. The lowest BCUT2D eigenvalue weighted by atomic mass is 10.1. The number of rotatable bonds is 3.